The largest absolute Gasteiger partial charge is 0.457 e. The van der Waals surface area contributed by atoms with E-state index in [9.17, 15) is 0 Å². The number of hydrogen-bond donors (Lipinski definition) is 0. The molecule has 0 amide bonds. The third-order valence-electron chi connectivity index (χ3n) is 4.44. The average molecular weight is 363 g/mol. The predicted molar refractivity (Wildman–Crippen MR) is 115 cm³/mol. The number of benzene rings is 4. The number of para-hydroxylation sites is 1. The summed E-state index contributed by atoms with van der Waals surface area (Å²) in [6, 6.07) is 38.5. The van der Waals surface area contributed by atoms with Crippen molar-refractivity contribution >= 4 is 6.21 Å². The summed E-state index contributed by atoms with van der Waals surface area (Å²) in [6.45, 7) is 0. The van der Waals surface area contributed by atoms with Gasteiger partial charge in [0.2, 0.25) is 0 Å². The first-order valence-corrected chi connectivity index (χ1v) is 9.34. The summed E-state index contributed by atoms with van der Waals surface area (Å²) in [5.74, 6) is 1.62. The maximum Gasteiger partial charge on any atom is 0.128 e. The monoisotopic (exact) mass is 363 g/mol. The lowest BCUT2D eigenvalue weighted by atomic mass is 9.99. The first kappa shape index (κ1) is 17.7. The molecule has 0 aliphatic heterocycles. The van der Waals surface area contributed by atoms with E-state index < -0.39 is 0 Å². The van der Waals surface area contributed by atoms with Gasteiger partial charge in [0, 0.05) is 6.21 Å². The zero-order valence-electron chi connectivity index (χ0n) is 15.5. The lowest BCUT2D eigenvalue weighted by Gasteiger charge is -2.13. The zero-order valence-corrected chi connectivity index (χ0v) is 15.5. The fourth-order valence-electron chi connectivity index (χ4n) is 3.08. The van der Waals surface area contributed by atoms with Crippen molar-refractivity contribution in [3.05, 3.63) is 132 Å². The minimum Gasteiger partial charge on any atom is -0.457 e. The molecular weight excluding hydrogens is 342 g/mol. The first-order valence-electron chi connectivity index (χ1n) is 9.34. The first-order chi connectivity index (χ1) is 13.9. The second kappa shape index (κ2) is 8.83. The van der Waals surface area contributed by atoms with E-state index >= 15 is 0 Å². The van der Waals surface area contributed by atoms with Crippen molar-refractivity contribution in [1.82, 2.24) is 0 Å². The molecule has 4 aromatic carbocycles. The van der Waals surface area contributed by atoms with Gasteiger partial charge in [-0.15, -0.1) is 0 Å². The lowest BCUT2D eigenvalue weighted by molar-refractivity contribution is 0.482. The Balaban J connectivity index is 1.60. The zero-order chi connectivity index (χ0) is 19.0. The van der Waals surface area contributed by atoms with Crippen LogP contribution in [0, 0.1) is 0 Å². The lowest BCUT2D eigenvalue weighted by Crippen LogP contribution is -1.99. The van der Waals surface area contributed by atoms with E-state index in [2.05, 4.69) is 48.5 Å². The van der Waals surface area contributed by atoms with Crippen molar-refractivity contribution in [2.24, 2.45) is 4.99 Å². The van der Waals surface area contributed by atoms with E-state index in [1.54, 1.807) is 0 Å². The van der Waals surface area contributed by atoms with Crippen molar-refractivity contribution in [2.75, 3.05) is 0 Å². The van der Waals surface area contributed by atoms with Crippen LogP contribution in [0.3, 0.4) is 0 Å². The Morgan fingerprint density at radius 2 is 1.11 bits per heavy atom. The molecular formula is C26H21NO. The highest BCUT2D eigenvalue weighted by atomic mass is 16.5. The molecule has 0 saturated carbocycles. The summed E-state index contributed by atoms with van der Waals surface area (Å²) in [4.78, 5) is 4.90. The summed E-state index contributed by atoms with van der Waals surface area (Å²) in [5, 5.41) is 0. The van der Waals surface area contributed by atoms with Gasteiger partial charge in [0.05, 0.1) is 6.04 Å². The van der Waals surface area contributed by atoms with Crippen LogP contribution in [0.1, 0.15) is 22.7 Å². The standard InChI is InChI=1S/C26H21NO/c1-4-12-22(13-5-1)26(23-14-6-2-7-15-23)27-20-21-11-10-18-25(19-21)28-24-16-8-3-9-17-24/h1-20,26H. The van der Waals surface area contributed by atoms with Crippen molar-refractivity contribution in [3.63, 3.8) is 0 Å². The van der Waals surface area contributed by atoms with Crippen LogP contribution in [0.25, 0.3) is 0 Å². The van der Waals surface area contributed by atoms with Gasteiger partial charge in [0.1, 0.15) is 11.5 Å². The molecule has 0 aliphatic rings. The fraction of sp³-hybridized carbons (Fsp3) is 0.0385. The molecule has 0 saturated heterocycles. The van der Waals surface area contributed by atoms with Gasteiger partial charge < -0.3 is 4.74 Å². The third-order valence-corrected chi connectivity index (χ3v) is 4.44. The molecule has 0 aromatic heterocycles. The molecule has 136 valence electrons. The van der Waals surface area contributed by atoms with Crippen LogP contribution in [0.2, 0.25) is 0 Å². The maximum atomic E-state index is 5.93. The molecule has 4 aromatic rings. The number of nitrogens with zero attached hydrogens (tertiary/aromatic N) is 1. The van der Waals surface area contributed by atoms with E-state index in [0.717, 1.165) is 17.1 Å². The molecule has 4 rings (SSSR count). The molecule has 0 spiro atoms. The van der Waals surface area contributed by atoms with E-state index in [-0.39, 0.29) is 6.04 Å². The van der Waals surface area contributed by atoms with Gasteiger partial charge in [-0.1, -0.05) is 91.0 Å². The number of aliphatic imine (C=N–C) groups is 1. The summed E-state index contributed by atoms with van der Waals surface area (Å²) in [7, 11) is 0. The van der Waals surface area contributed by atoms with Crippen LogP contribution in [0.4, 0.5) is 0 Å². The van der Waals surface area contributed by atoms with Crippen molar-refractivity contribution < 1.29 is 4.74 Å². The molecule has 0 atom stereocenters. The quantitative estimate of drug-likeness (QED) is 0.350. The Kier molecular flexibility index (Phi) is 5.60. The normalized spacial score (nSPS) is 11.0. The molecule has 0 fully saturated rings. The third kappa shape index (κ3) is 4.54. The highest BCUT2D eigenvalue weighted by Crippen LogP contribution is 2.26. The molecule has 2 nitrogen and oxygen atoms in total. The minimum atomic E-state index is -0.0407. The Bertz CT molecular complexity index is 988. The van der Waals surface area contributed by atoms with Crippen molar-refractivity contribution in [2.45, 2.75) is 6.04 Å². The van der Waals surface area contributed by atoms with Gasteiger partial charge in [-0.3, -0.25) is 4.99 Å². The van der Waals surface area contributed by atoms with E-state index in [4.69, 9.17) is 9.73 Å². The summed E-state index contributed by atoms with van der Waals surface area (Å²) >= 11 is 0. The number of rotatable bonds is 6. The second-order valence-corrected chi connectivity index (χ2v) is 6.49. The second-order valence-electron chi connectivity index (χ2n) is 6.49. The SMILES string of the molecule is C(=NC(c1ccccc1)c1ccccc1)c1cccc(Oc2ccccc2)c1. The molecule has 0 heterocycles. The highest BCUT2D eigenvalue weighted by Gasteiger charge is 2.11. The summed E-state index contributed by atoms with van der Waals surface area (Å²) < 4.78 is 5.93. The number of hydrogen-bond acceptors (Lipinski definition) is 2. The number of ether oxygens (including phenoxy) is 1. The molecule has 0 radical (unpaired) electrons. The van der Waals surface area contributed by atoms with E-state index in [1.165, 1.54) is 11.1 Å². The molecule has 28 heavy (non-hydrogen) atoms. The van der Waals surface area contributed by atoms with Crippen LogP contribution < -0.4 is 4.74 Å². The van der Waals surface area contributed by atoms with Crippen molar-refractivity contribution in [1.29, 1.82) is 0 Å². The Morgan fingerprint density at radius 3 is 1.71 bits per heavy atom. The minimum absolute atomic E-state index is 0.0407. The van der Waals surface area contributed by atoms with Crippen LogP contribution in [0.15, 0.2) is 120 Å². The highest BCUT2D eigenvalue weighted by molar-refractivity contribution is 5.80. The smallest absolute Gasteiger partial charge is 0.128 e. The van der Waals surface area contributed by atoms with Gasteiger partial charge in [0.25, 0.3) is 0 Å². The average Bonchev–Trinajstić information content (AvgIpc) is 2.76. The summed E-state index contributed by atoms with van der Waals surface area (Å²) in [6.07, 6.45) is 1.92. The molecule has 0 N–H and O–H groups in total. The maximum absolute atomic E-state index is 5.93. The van der Waals surface area contributed by atoms with Gasteiger partial charge in [0.15, 0.2) is 0 Å². The molecule has 0 aliphatic carbocycles. The van der Waals surface area contributed by atoms with Crippen LogP contribution in [0.5, 0.6) is 11.5 Å². The van der Waals surface area contributed by atoms with Gasteiger partial charge in [-0.2, -0.15) is 0 Å². The summed E-state index contributed by atoms with van der Waals surface area (Å²) in [5.41, 5.74) is 3.34. The Morgan fingerprint density at radius 1 is 0.571 bits per heavy atom. The Labute approximate surface area is 165 Å². The van der Waals surface area contributed by atoms with Crippen molar-refractivity contribution in [3.8, 4) is 11.5 Å². The predicted octanol–water partition coefficient (Wildman–Crippen LogP) is 6.69. The molecule has 2 heteroatoms. The molecule has 0 unspecified atom stereocenters. The van der Waals surface area contributed by atoms with Crippen LogP contribution in [-0.4, -0.2) is 6.21 Å². The van der Waals surface area contributed by atoms with Gasteiger partial charge in [-0.05, 0) is 41.0 Å². The topological polar surface area (TPSA) is 21.6 Å². The van der Waals surface area contributed by atoms with Gasteiger partial charge >= 0.3 is 0 Å². The van der Waals surface area contributed by atoms with Gasteiger partial charge in [-0.25, -0.2) is 0 Å². The molecule has 0 bridgehead atoms. The van der Waals surface area contributed by atoms with Crippen LogP contribution in [-0.2, 0) is 0 Å². The van der Waals surface area contributed by atoms with E-state index in [0.29, 0.717) is 0 Å². The van der Waals surface area contributed by atoms with Crippen LogP contribution >= 0.6 is 0 Å². The van der Waals surface area contributed by atoms with E-state index in [1.807, 2.05) is 72.9 Å². The fourth-order valence-corrected chi connectivity index (χ4v) is 3.08. The Hall–Kier alpha value is -3.65.